The zero-order chi connectivity index (χ0) is 19.4. The van der Waals surface area contributed by atoms with Crippen LogP contribution in [0.4, 0.5) is 5.69 Å². The van der Waals surface area contributed by atoms with Gasteiger partial charge in [-0.1, -0.05) is 37.3 Å². The van der Waals surface area contributed by atoms with Gasteiger partial charge >= 0.3 is 5.97 Å². The molecule has 0 fully saturated rings. The molecule has 1 unspecified atom stereocenters. The van der Waals surface area contributed by atoms with Crippen molar-refractivity contribution >= 4 is 23.5 Å². The molecule has 2 amide bonds. The van der Waals surface area contributed by atoms with E-state index in [-0.39, 0.29) is 18.4 Å². The van der Waals surface area contributed by atoms with Crippen molar-refractivity contribution in [2.24, 2.45) is 5.92 Å². The summed E-state index contributed by atoms with van der Waals surface area (Å²) in [6.07, 6.45) is 0.987. The number of hydrogen-bond acceptors (Lipinski definition) is 3. The van der Waals surface area contributed by atoms with Crippen LogP contribution >= 0.6 is 0 Å². The molecule has 2 aromatic rings. The molecule has 0 radical (unpaired) electrons. The molecule has 1 atom stereocenters. The molecule has 1 aliphatic heterocycles. The SMILES string of the molecule is CC(CN(Cc1ccccc1)C(=O)c1ccc2c(c1)CCC(=O)N2)C(=O)O. The number of fused-ring (bicyclic) bond motifs is 1. The molecule has 27 heavy (non-hydrogen) atoms. The highest BCUT2D eigenvalue weighted by molar-refractivity contribution is 5.98. The summed E-state index contributed by atoms with van der Waals surface area (Å²) in [6.45, 7) is 2.05. The van der Waals surface area contributed by atoms with Crippen LogP contribution in [-0.4, -0.2) is 34.3 Å². The number of carbonyl (C=O) groups is 3. The maximum Gasteiger partial charge on any atom is 0.308 e. The van der Waals surface area contributed by atoms with Gasteiger partial charge in [-0.15, -0.1) is 0 Å². The molecule has 0 saturated carbocycles. The van der Waals surface area contributed by atoms with E-state index in [4.69, 9.17) is 0 Å². The van der Waals surface area contributed by atoms with Crippen LogP contribution in [0.2, 0.25) is 0 Å². The smallest absolute Gasteiger partial charge is 0.308 e. The summed E-state index contributed by atoms with van der Waals surface area (Å²) in [7, 11) is 0. The minimum absolute atomic E-state index is 0.0254. The van der Waals surface area contributed by atoms with Gasteiger partial charge in [0, 0.05) is 30.8 Å². The number of amides is 2. The average molecular weight is 366 g/mol. The maximum absolute atomic E-state index is 13.1. The van der Waals surface area contributed by atoms with Gasteiger partial charge in [-0.25, -0.2) is 0 Å². The molecule has 0 bridgehead atoms. The first-order chi connectivity index (χ1) is 12.9. The lowest BCUT2D eigenvalue weighted by Gasteiger charge is -2.26. The van der Waals surface area contributed by atoms with Crippen molar-refractivity contribution in [1.82, 2.24) is 4.90 Å². The summed E-state index contributed by atoms with van der Waals surface area (Å²) in [5.74, 6) is -1.85. The fourth-order valence-electron chi connectivity index (χ4n) is 3.13. The fraction of sp³-hybridized carbons (Fsp3) is 0.286. The van der Waals surface area contributed by atoms with Gasteiger partial charge in [0.05, 0.1) is 5.92 Å². The second kappa shape index (κ2) is 8.03. The van der Waals surface area contributed by atoms with Crippen molar-refractivity contribution in [3.05, 3.63) is 65.2 Å². The number of hydrogen-bond donors (Lipinski definition) is 2. The summed E-state index contributed by atoms with van der Waals surface area (Å²) >= 11 is 0. The van der Waals surface area contributed by atoms with Crippen LogP contribution in [0.15, 0.2) is 48.5 Å². The Morgan fingerprint density at radius 2 is 1.89 bits per heavy atom. The number of carbonyl (C=O) groups excluding carboxylic acids is 2. The summed E-state index contributed by atoms with van der Waals surface area (Å²) in [5.41, 5.74) is 3.09. The van der Waals surface area contributed by atoms with Crippen LogP contribution in [0.5, 0.6) is 0 Å². The number of carboxylic acids is 1. The Kier molecular flexibility index (Phi) is 5.54. The second-order valence-electron chi connectivity index (χ2n) is 6.83. The van der Waals surface area contributed by atoms with Crippen molar-refractivity contribution in [2.75, 3.05) is 11.9 Å². The second-order valence-corrected chi connectivity index (χ2v) is 6.83. The van der Waals surface area contributed by atoms with Gasteiger partial charge in [-0.05, 0) is 35.7 Å². The standard InChI is InChI=1S/C21H22N2O4/c1-14(21(26)27)12-23(13-15-5-3-2-4-6-15)20(25)17-7-9-18-16(11-17)8-10-19(24)22-18/h2-7,9,11,14H,8,10,12-13H2,1H3,(H,22,24)(H,26,27). The number of anilines is 1. The van der Waals surface area contributed by atoms with E-state index in [1.807, 2.05) is 30.3 Å². The molecule has 2 aromatic carbocycles. The Morgan fingerprint density at radius 3 is 2.59 bits per heavy atom. The van der Waals surface area contributed by atoms with Crippen LogP contribution in [-0.2, 0) is 22.6 Å². The highest BCUT2D eigenvalue weighted by Crippen LogP contribution is 2.24. The lowest BCUT2D eigenvalue weighted by atomic mass is 9.99. The van der Waals surface area contributed by atoms with Crippen molar-refractivity contribution in [1.29, 1.82) is 0 Å². The molecule has 3 rings (SSSR count). The molecule has 0 saturated heterocycles. The number of aryl methyl sites for hydroxylation is 1. The Hall–Kier alpha value is -3.15. The highest BCUT2D eigenvalue weighted by atomic mass is 16.4. The van der Waals surface area contributed by atoms with E-state index in [0.29, 0.717) is 24.9 Å². The third kappa shape index (κ3) is 4.53. The first-order valence-electron chi connectivity index (χ1n) is 8.93. The number of nitrogens with one attached hydrogen (secondary N) is 1. The first-order valence-corrected chi connectivity index (χ1v) is 8.93. The van der Waals surface area contributed by atoms with Gasteiger partial charge in [-0.3, -0.25) is 14.4 Å². The Balaban J connectivity index is 1.85. The van der Waals surface area contributed by atoms with Crippen molar-refractivity contribution in [3.63, 3.8) is 0 Å². The minimum Gasteiger partial charge on any atom is -0.481 e. The molecule has 6 nitrogen and oxygen atoms in total. The van der Waals surface area contributed by atoms with Gasteiger partial charge in [0.15, 0.2) is 0 Å². The van der Waals surface area contributed by atoms with Gasteiger partial charge in [-0.2, -0.15) is 0 Å². The Morgan fingerprint density at radius 1 is 1.15 bits per heavy atom. The van der Waals surface area contributed by atoms with E-state index in [0.717, 1.165) is 16.8 Å². The number of carboxylic acid groups (broad SMARTS) is 1. The van der Waals surface area contributed by atoms with E-state index in [1.54, 1.807) is 30.0 Å². The van der Waals surface area contributed by atoms with Gasteiger partial charge in [0.1, 0.15) is 0 Å². The first kappa shape index (κ1) is 18.6. The molecule has 0 aliphatic carbocycles. The molecule has 140 valence electrons. The molecule has 1 heterocycles. The topological polar surface area (TPSA) is 86.7 Å². The molecule has 1 aliphatic rings. The molecular formula is C21H22N2O4. The predicted octanol–water partition coefficient (Wildman–Crippen LogP) is 2.93. The fourth-order valence-corrected chi connectivity index (χ4v) is 3.13. The normalized spacial score (nSPS) is 14.0. The van der Waals surface area contributed by atoms with Crippen molar-refractivity contribution in [2.45, 2.75) is 26.3 Å². The van der Waals surface area contributed by atoms with E-state index in [2.05, 4.69) is 5.32 Å². The largest absolute Gasteiger partial charge is 0.481 e. The van der Waals surface area contributed by atoms with E-state index in [1.165, 1.54) is 0 Å². The molecule has 0 spiro atoms. The number of aliphatic carboxylic acids is 1. The van der Waals surface area contributed by atoms with Gasteiger partial charge < -0.3 is 15.3 Å². The Bertz CT molecular complexity index is 864. The minimum atomic E-state index is -0.936. The van der Waals surface area contributed by atoms with Crippen molar-refractivity contribution in [3.8, 4) is 0 Å². The zero-order valence-electron chi connectivity index (χ0n) is 15.1. The number of rotatable bonds is 6. The zero-order valence-corrected chi connectivity index (χ0v) is 15.1. The third-order valence-electron chi connectivity index (χ3n) is 4.67. The van der Waals surface area contributed by atoms with Crippen LogP contribution in [0, 0.1) is 5.92 Å². The highest BCUT2D eigenvalue weighted by Gasteiger charge is 2.23. The van der Waals surface area contributed by atoms with Crippen LogP contribution in [0.25, 0.3) is 0 Å². The summed E-state index contributed by atoms with van der Waals surface area (Å²) < 4.78 is 0. The van der Waals surface area contributed by atoms with Gasteiger partial charge in [0.2, 0.25) is 5.91 Å². The van der Waals surface area contributed by atoms with Crippen LogP contribution < -0.4 is 5.32 Å². The van der Waals surface area contributed by atoms with E-state index in [9.17, 15) is 19.5 Å². The quantitative estimate of drug-likeness (QED) is 0.823. The molecular weight excluding hydrogens is 344 g/mol. The van der Waals surface area contributed by atoms with E-state index >= 15 is 0 Å². The van der Waals surface area contributed by atoms with Crippen molar-refractivity contribution < 1.29 is 19.5 Å². The van der Waals surface area contributed by atoms with Crippen LogP contribution in [0.3, 0.4) is 0 Å². The summed E-state index contributed by atoms with van der Waals surface area (Å²) in [4.78, 5) is 37.5. The van der Waals surface area contributed by atoms with Gasteiger partial charge in [0.25, 0.3) is 5.91 Å². The lowest BCUT2D eigenvalue weighted by molar-refractivity contribution is -0.141. The Labute approximate surface area is 157 Å². The van der Waals surface area contributed by atoms with Crippen LogP contribution in [0.1, 0.15) is 34.8 Å². The summed E-state index contributed by atoms with van der Waals surface area (Å²) in [5, 5.41) is 12.1. The molecule has 6 heteroatoms. The summed E-state index contributed by atoms with van der Waals surface area (Å²) in [6, 6.07) is 14.7. The third-order valence-corrected chi connectivity index (χ3v) is 4.67. The lowest BCUT2D eigenvalue weighted by Crippen LogP contribution is -2.36. The monoisotopic (exact) mass is 366 g/mol. The predicted molar refractivity (Wildman–Crippen MR) is 101 cm³/mol. The molecule has 2 N–H and O–H groups in total. The number of benzene rings is 2. The maximum atomic E-state index is 13.1. The molecule has 0 aromatic heterocycles. The average Bonchev–Trinajstić information content (AvgIpc) is 2.67. The number of nitrogens with zero attached hydrogens (tertiary/aromatic N) is 1. The van der Waals surface area contributed by atoms with E-state index < -0.39 is 11.9 Å².